The summed E-state index contributed by atoms with van der Waals surface area (Å²) in [6.45, 7) is 15.6. The van der Waals surface area contributed by atoms with Crippen LogP contribution in [0.25, 0.3) is 0 Å². The maximum absolute atomic E-state index is 13.0. The molecule has 1 aliphatic rings. The van der Waals surface area contributed by atoms with Gasteiger partial charge in [0.05, 0.1) is 12.1 Å². The molecule has 4 amide bonds. The van der Waals surface area contributed by atoms with E-state index in [1.54, 1.807) is 0 Å². The van der Waals surface area contributed by atoms with Crippen molar-refractivity contribution in [2.75, 3.05) is 0 Å². The van der Waals surface area contributed by atoms with Crippen molar-refractivity contribution in [1.29, 1.82) is 0 Å². The molecule has 0 aromatic carbocycles. The van der Waals surface area contributed by atoms with E-state index in [4.69, 9.17) is 4.74 Å². The molecule has 0 saturated carbocycles. The van der Waals surface area contributed by atoms with E-state index < -0.39 is 46.7 Å². The average molecular weight is 366 g/mol. The van der Waals surface area contributed by atoms with E-state index in [0.29, 0.717) is 0 Å². The molecular formula is C19H30N2O5. The second-order valence-electron chi connectivity index (χ2n) is 8.85. The molecular weight excluding hydrogens is 336 g/mol. The van der Waals surface area contributed by atoms with E-state index in [1.807, 2.05) is 41.5 Å². The maximum atomic E-state index is 13.0. The van der Waals surface area contributed by atoms with Gasteiger partial charge in [-0.15, -0.1) is 0 Å². The third-order valence-electron chi connectivity index (χ3n) is 4.25. The highest BCUT2D eigenvalue weighted by atomic mass is 16.5. The van der Waals surface area contributed by atoms with Crippen molar-refractivity contribution in [2.24, 2.45) is 10.8 Å². The molecule has 0 aromatic heterocycles. The highest BCUT2D eigenvalue weighted by Crippen LogP contribution is 2.43. The molecule has 0 spiro atoms. The summed E-state index contributed by atoms with van der Waals surface area (Å²) in [4.78, 5) is 51.4. The van der Waals surface area contributed by atoms with Crippen LogP contribution in [0.4, 0.5) is 4.79 Å². The smallest absolute Gasteiger partial charge is 0.334 e. The largest absolute Gasteiger partial charge is 0.431 e. The number of amides is 4. The molecule has 1 aliphatic heterocycles. The predicted molar refractivity (Wildman–Crippen MR) is 96.8 cm³/mol. The average Bonchev–Trinajstić information content (AvgIpc) is 2.70. The minimum absolute atomic E-state index is 0.0940. The van der Waals surface area contributed by atoms with Gasteiger partial charge in [0, 0.05) is 19.9 Å². The van der Waals surface area contributed by atoms with Crippen molar-refractivity contribution >= 4 is 23.8 Å². The van der Waals surface area contributed by atoms with Crippen LogP contribution in [0.3, 0.4) is 0 Å². The second-order valence-corrected chi connectivity index (χ2v) is 8.85. The van der Waals surface area contributed by atoms with Crippen LogP contribution in [0.1, 0.15) is 62.3 Å². The normalized spacial score (nSPS) is 21.9. The number of esters is 1. The van der Waals surface area contributed by atoms with Crippen LogP contribution in [0.5, 0.6) is 0 Å². The summed E-state index contributed by atoms with van der Waals surface area (Å²) in [6, 6.07) is -1.64. The Hall–Kier alpha value is -2.18. The fourth-order valence-corrected chi connectivity index (χ4v) is 3.42. The third kappa shape index (κ3) is 4.51. The van der Waals surface area contributed by atoms with E-state index in [9.17, 15) is 19.2 Å². The lowest BCUT2D eigenvalue weighted by atomic mass is 9.72. The SMILES string of the molecule is CC(=O)O/C(C)=C\C(=O)N1C(=O)N(C(C)=O)[C@@H](C(C)(C)C)[C@@H]1C(C)(C)C. The van der Waals surface area contributed by atoms with Crippen LogP contribution in [0, 0.1) is 10.8 Å². The van der Waals surface area contributed by atoms with Crippen molar-refractivity contribution in [1.82, 2.24) is 9.80 Å². The molecule has 1 heterocycles. The van der Waals surface area contributed by atoms with Crippen molar-refractivity contribution in [2.45, 2.75) is 74.4 Å². The van der Waals surface area contributed by atoms with Gasteiger partial charge in [-0.05, 0) is 17.8 Å². The zero-order chi connectivity index (χ0) is 20.6. The summed E-state index contributed by atoms with van der Waals surface area (Å²) in [7, 11) is 0. The van der Waals surface area contributed by atoms with E-state index >= 15 is 0 Å². The molecule has 1 saturated heterocycles. The lowest BCUT2D eigenvalue weighted by Crippen LogP contribution is -2.53. The van der Waals surface area contributed by atoms with Crippen molar-refractivity contribution < 1.29 is 23.9 Å². The highest BCUT2D eigenvalue weighted by Gasteiger charge is 2.57. The van der Waals surface area contributed by atoms with Crippen LogP contribution in [0.2, 0.25) is 0 Å². The quantitative estimate of drug-likeness (QED) is 0.426. The molecule has 0 N–H and O–H groups in total. The zero-order valence-corrected chi connectivity index (χ0v) is 17.2. The molecule has 2 atom stereocenters. The number of nitrogens with zero attached hydrogens (tertiary/aromatic N) is 2. The summed E-state index contributed by atoms with van der Waals surface area (Å²) in [6.07, 6.45) is 1.11. The Balaban J connectivity index is 3.48. The Morgan fingerprint density at radius 1 is 0.885 bits per heavy atom. The molecule has 146 valence electrons. The Morgan fingerprint density at radius 3 is 1.65 bits per heavy atom. The van der Waals surface area contributed by atoms with Gasteiger partial charge in [-0.1, -0.05) is 41.5 Å². The monoisotopic (exact) mass is 366 g/mol. The first-order valence-corrected chi connectivity index (χ1v) is 8.62. The van der Waals surface area contributed by atoms with Gasteiger partial charge in [0.25, 0.3) is 5.91 Å². The van der Waals surface area contributed by atoms with Gasteiger partial charge in [0.15, 0.2) is 0 Å². The first-order chi connectivity index (χ1) is 11.6. The Labute approximate surface area is 155 Å². The van der Waals surface area contributed by atoms with E-state index in [0.717, 1.165) is 11.0 Å². The summed E-state index contributed by atoms with van der Waals surface area (Å²) in [5.41, 5.74) is -0.889. The zero-order valence-electron chi connectivity index (χ0n) is 17.2. The summed E-state index contributed by atoms with van der Waals surface area (Å²) < 4.78 is 4.89. The molecule has 0 bridgehead atoms. The summed E-state index contributed by atoms with van der Waals surface area (Å²) in [5, 5.41) is 0. The van der Waals surface area contributed by atoms with Crippen LogP contribution >= 0.6 is 0 Å². The van der Waals surface area contributed by atoms with Crippen LogP contribution in [0.15, 0.2) is 11.8 Å². The standard InChI is InChI=1S/C19H30N2O5/c1-11(26-13(3)23)10-14(24)21-16(19(7,8)9)15(18(4,5)6)20(12(2)22)17(21)25/h10,15-16H,1-9H3/b11-10-/t15-,16-/m1/s1. The number of imide groups is 2. The topological polar surface area (TPSA) is 84.0 Å². The van der Waals surface area contributed by atoms with Gasteiger partial charge in [0.2, 0.25) is 5.91 Å². The van der Waals surface area contributed by atoms with Gasteiger partial charge in [-0.25, -0.2) is 4.79 Å². The highest BCUT2D eigenvalue weighted by molar-refractivity contribution is 6.07. The van der Waals surface area contributed by atoms with Crippen molar-refractivity contribution in [3.05, 3.63) is 11.8 Å². The minimum atomic E-state index is -0.644. The Bertz CT molecular complexity index is 652. The van der Waals surface area contributed by atoms with E-state index in [1.165, 1.54) is 25.7 Å². The number of hydrogen-bond donors (Lipinski definition) is 0. The predicted octanol–water partition coefficient (Wildman–Crippen LogP) is 3.09. The van der Waals surface area contributed by atoms with E-state index in [-0.39, 0.29) is 5.76 Å². The molecule has 7 nitrogen and oxygen atoms in total. The lowest BCUT2D eigenvalue weighted by molar-refractivity contribution is -0.137. The molecule has 26 heavy (non-hydrogen) atoms. The number of hydrogen-bond acceptors (Lipinski definition) is 5. The van der Waals surface area contributed by atoms with E-state index in [2.05, 4.69) is 0 Å². The second kappa shape index (κ2) is 7.21. The first-order valence-electron chi connectivity index (χ1n) is 8.62. The fourth-order valence-electron chi connectivity index (χ4n) is 3.42. The first kappa shape index (κ1) is 21.9. The third-order valence-corrected chi connectivity index (χ3v) is 4.25. The number of carbonyl (C=O) groups is 4. The van der Waals surface area contributed by atoms with Gasteiger partial charge in [-0.3, -0.25) is 24.2 Å². The van der Waals surface area contributed by atoms with Crippen LogP contribution in [-0.2, 0) is 19.1 Å². The lowest BCUT2D eigenvalue weighted by Gasteiger charge is -2.42. The van der Waals surface area contributed by atoms with Gasteiger partial charge < -0.3 is 4.74 Å². The van der Waals surface area contributed by atoms with Gasteiger partial charge in [-0.2, -0.15) is 0 Å². The van der Waals surface area contributed by atoms with Crippen LogP contribution in [-0.4, -0.2) is 45.7 Å². The number of urea groups is 1. The minimum Gasteiger partial charge on any atom is -0.431 e. The number of carbonyl (C=O) groups excluding carboxylic acids is 4. The van der Waals surface area contributed by atoms with Crippen molar-refractivity contribution in [3.8, 4) is 0 Å². The molecule has 0 aliphatic carbocycles. The summed E-state index contributed by atoms with van der Waals surface area (Å²) >= 11 is 0. The van der Waals surface area contributed by atoms with Gasteiger partial charge in [0.1, 0.15) is 5.76 Å². The molecule has 0 aromatic rings. The fraction of sp³-hybridized carbons (Fsp3) is 0.684. The molecule has 0 unspecified atom stereocenters. The number of rotatable bonds is 2. The van der Waals surface area contributed by atoms with Crippen LogP contribution < -0.4 is 0 Å². The molecule has 7 heteroatoms. The molecule has 1 rings (SSSR count). The molecule has 1 fully saturated rings. The number of allylic oxidation sites excluding steroid dienone is 1. The Morgan fingerprint density at radius 2 is 1.31 bits per heavy atom. The van der Waals surface area contributed by atoms with Crippen molar-refractivity contribution in [3.63, 3.8) is 0 Å². The maximum Gasteiger partial charge on any atom is 0.334 e. The van der Waals surface area contributed by atoms with Gasteiger partial charge >= 0.3 is 12.0 Å². The molecule has 0 radical (unpaired) electrons. The Kier molecular flexibility index (Phi) is 6.06. The number of ether oxygens (including phenoxy) is 1. The summed E-state index contributed by atoms with van der Waals surface area (Å²) in [5.74, 6) is -1.46.